The molecule has 10 heteroatoms. The fraction of sp³-hybridized carbons (Fsp3) is 0.438. The Morgan fingerprint density at radius 1 is 1.23 bits per heavy atom. The van der Waals surface area contributed by atoms with Crippen LogP contribution >= 0.6 is 0 Å². The van der Waals surface area contributed by atoms with E-state index in [2.05, 4.69) is 14.9 Å². The molecule has 3 heterocycles. The molecule has 3 rings (SSSR count). The molecule has 0 bridgehead atoms. The van der Waals surface area contributed by atoms with Gasteiger partial charge in [0.25, 0.3) is 5.91 Å². The zero-order chi connectivity index (χ0) is 18.8. The molecule has 2 aromatic heterocycles. The van der Waals surface area contributed by atoms with Crippen LogP contribution in [0.2, 0.25) is 0 Å². The molecule has 1 saturated heterocycles. The number of aromatic nitrogens is 2. The summed E-state index contributed by atoms with van der Waals surface area (Å²) in [6.07, 6.45) is 0. The average Bonchev–Trinajstić information content (AvgIpc) is 3.11. The van der Waals surface area contributed by atoms with Gasteiger partial charge >= 0.3 is 5.88 Å². The molecule has 0 N–H and O–H groups in total. The van der Waals surface area contributed by atoms with Gasteiger partial charge in [-0.15, -0.1) is 0 Å². The molecular formula is C16H20N6O4. The summed E-state index contributed by atoms with van der Waals surface area (Å²) in [4.78, 5) is 37.0. The first kappa shape index (κ1) is 17.6. The van der Waals surface area contributed by atoms with Crippen molar-refractivity contribution in [1.82, 2.24) is 14.9 Å². The third kappa shape index (κ3) is 3.58. The van der Waals surface area contributed by atoms with Crippen LogP contribution in [-0.2, 0) is 0 Å². The normalized spacial score (nSPS) is 14.4. The Hall–Kier alpha value is -3.17. The monoisotopic (exact) mass is 360 g/mol. The molecular weight excluding hydrogens is 340 g/mol. The second-order valence-electron chi connectivity index (χ2n) is 6.20. The van der Waals surface area contributed by atoms with Gasteiger partial charge in [0.2, 0.25) is 0 Å². The highest BCUT2D eigenvalue weighted by Crippen LogP contribution is 2.21. The van der Waals surface area contributed by atoms with Gasteiger partial charge in [-0.2, -0.15) is 0 Å². The average molecular weight is 360 g/mol. The predicted molar refractivity (Wildman–Crippen MR) is 94.6 cm³/mol. The highest BCUT2D eigenvalue weighted by molar-refractivity contribution is 5.92. The van der Waals surface area contributed by atoms with E-state index in [0.717, 1.165) is 11.6 Å². The predicted octanol–water partition coefficient (Wildman–Crippen LogP) is 1.31. The van der Waals surface area contributed by atoms with E-state index >= 15 is 0 Å². The summed E-state index contributed by atoms with van der Waals surface area (Å²) >= 11 is 0. The Kier molecular flexibility index (Phi) is 4.74. The lowest BCUT2D eigenvalue weighted by Gasteiger charge is -2.35. The number of rotatable bonds is 4. The lowest BCUT2D eigenvalue weighted by molar-refractivity contribution is -0.402. The SMILES string of the molecule is Cc1nc(N(C)C)cc(N2CCN(C(=O)c3ccc([N+](=O)[O-])o3)CC2)n1. The smallest absolute Gasteiger partial charge is 0.395 e. The topological polar surface area (TPSA) is 109 Å². The highest BCUT2D eigenvalue weighted by Gasteiger charge is 2.26. The molecule has 1 aliphatic rings. The van der Waals surface area contributed by atoms with Crippen molar-refractivity contribution in [3.63, 3.8) is 0 Å². The van der Waals surface area contributed by atoms with Crippen molar-refractivity contribution in [2.45, 2.75) is 6.92 Å². The molecule has 0 atom stereocenters. The second kappa shape index (κ2) is 6.98. The number of piperazine rings is 1. The Labute approximate surface area is 150 Å². The number of carbonyl (C=O) groups is 1. The van der Waals surface area contributed by atoms with Crippen molar-refractivity contribution < 1.29 is 14.1 Å². The van der Waals surface area contributed by atoms with Crippen LogP contribution in [0.25, 0.3) is 0 Å². The first-order valence-electron chi connectivity index (χ1n) is 8.16. The van der Waals surface area contributed by atoms with Gasteiger partial charge in [0.1, 0.15) is 22.4 Å². The summed E-state index contributed by atoms with van der Waals surface area (Å²) in [6.45, 7) is 4.02. The van der Waals surface area contributed by atoms with Gasteiger partial charge in [-0.05, 0) is 13.0 Å². The number of nitrogens with zero attached hydrogens (tertiary/aromatic N) is 6. The second-order valence-corrected chi connectivity index (χ2v) is 6.20. The van der Waals surface area contributed by atoms with E-state index < -0.39 is 10.8 Å². The molecule has 26 heavy (non-hydrogen) atoms. The first-order chi connectivity index (χ1) is 12.3. The Bertz CT molecular complexity index is 826. The number of hydrogen-bond donors (Lipinski definition) is 0. The van der Waals surface area contributed by atoms with E-state index in [1.165, 1.54) is 12.1 Å². The van der Waals surface area contributed by atoms with Crippen molar-refractivity contribution in [1.29, 1.82) is 0 Å². The Morgan fingerprint density at radius 2 is 1.92 bits per heavy atom. The standard InChI is InChI=1S/C16H20N6O4/c1-11-17-13(19(2)3)10-14(18-11)20-6-8-21(9-7-20)16(23)12-4-5-15(26-12)22(24)25/h4-5,10H,6-9H2,1-3H3. The summed E-state index contributed by atoms with van der Waals surface area (Å²) in [5.74, 6) is 1.55. The molecule has 0 saturated carbocycles. The zero-order valence-corrected chi connectivity index (χ0v) is 14.9. The van der Waals surface area contributed by atoms with Crippen molar-refractivity contribution in [2.75, 3.05) is 50.1 Å². The molecule has 0 aromatic carbocycles. The lowest BCUT2D eigenvalue weighted by Crippen LogP contribution is -2.49. The molecule has 1 aliphatic heterocycles. The summed E-state index contributed by atoms with van der Waals surface area (Å²) in [5, 5.41) is 10.7. The molecule has 0 radical (unpaired) electrons. The van der Waals surface area contributed by atoms with Gasteiger partial charge in [0.15, 0.2) is 5.76 Å². The molecule has 138 valence electrons. The zero-order valence-electron chi connectivity index (χ0n) is 14.9. The van der Waals surface area contributed by atoms with Crippen molar-refractivity contribution >= 4 is 23.4 Å². The summed E-state index contributed by atoms with van der Waals surface area (Å²) in [7, 11) is 3.84. The first-order valence-corrected chi connectivity index (χ1v) is 8.16. The number of hydrogen-bond acceptors (Lipinski definition) is 8. The molecule has 2 aromatic rings. The van der Waals surface area contributed by atoms with Crippen LogP contribution in [0.15, 0.2) is 22.6 Å². The van der Waals surface area contributed by atoms with Crippen molar-refractivity contribution in [3.8, 4) is 0 Å². The third-order valence-corrected chi connectivity index (χ3v) is 4.14. The van der Waals surface area contributed by atoms with E-state index in [9.17, 15) is 14.9 Å². The van der Waals surface area contributed by atoms with Gasteiger partial charge in [-0.25, -0.2) is 9.97 Å². The van der Waals surface area contributed by atoms with Crippen LogP contribution in [0.5, 0.6) is 0 Å². The molecule has 1 fully saturated rings. The number of nitro groups is 1. The van der Waals surface area contributed by atoms with Crippen molar-refractivity contribution in [3.05, 3.63) is 39.9 Å². The largest absolute Gasteiger partial charge is 0.433 e. The van der Waals surface area contributed by atoms with Crippen LogP contribution in [0.3, 0.4) is 0 Å². The van der Waals surface area contributed by atoms with Gasteiger partial charge < -0.3 is 19.1 Å². The highest BCUT2D eigenvalue weighted by atomic mass is 16.6. The number of carbonyl (C=O) groups excluding carboxylic acids is 1. The van der Waals surface area contributed by atoms with Gasteiger partial charge in [0.05, 0.1) is 6.07 Å². The van der Waals surface area contributed by atoms with Crippen LogP contribution < -0.4 is 9.80 Å². The Morgan fingerprint density at radius 3 is 2.50 bits per heavy atom. The number of amides is 1. The minimum atomic E-state index is -0.658. The lowest BCUT2D eigenvalue weighted by atomic mass is 10.2. The van der Waals surface area contributed by atoms with Crippen LogP contribution in [0.1, 0.15) is 16.4 Å². The maximum absolute atomic E-state index is 12.4. The van der Waals surface area contributed by atoms with Gasteiger partial charge in [-0.3, -0.25) is 14.9 Å². The molecule has 1 amide bonds. The fourth-order valence-electron chi connectivity index (χ4n) is 2.76. The van der Waals surface area contributed by atoms with E-state index in [4.69, 9.17) is 4.42 Å². The van der Waals surface area contributed by atoms with E-state index in [1.807, 2.05) is 32.0 Å². The molecule has 0 unspecified atom stereocenters. The molecule has 0 spiro atoms. The van der Waals surface area contributed by atoms with Crippen molar-refractivity contribution in [2.24, 2.45) is 0 Å². The maximum Gasteiger partial charge on any atom is 0.433 e. The minimum Gasteiger partial charge on any atom is -0.395 e. The number of anilines is 2. The van der Waals surface area contributed by atoms with Crippen LogP contribution in [-0.4, -0.2) is 66.0 Å². The van der Waals surface area contributed by atoms with Crippen LogP contribution in [0, 0.1) is 17.0 Å². The van der Waals surface area contributed by atoms with Gasteiger partial charge in [0, 0.05) is 46.3 Å². The van der Waals surface area contributed by atoms with E-state index in [1.54, 1.807) is 4.90 Å². The minimum absolute atomic E-state index is 0.0158. The van der Waals surface area contributed by atoms with Crippen LogP contribution in [0.4, 0.5) is 17.5 Å². The summed E-state index contributed by atoms with van der Waals surface area (Å²) in [6, 6.07) is 4.44. The van der Waals surface area contributed by atoms with E-state index in [0.29, 0.717) is 32.0 Å². The number of aryl methyl sites for hydroxylation is 1. The molecule has 10 nitrogen and oxygen atoms in total. The molecule has 0 aliphatic carbocycles. The maximum atomic E-state index is 12.4. The summed E-state index contributed by atoms with van der Waals surface area (Å²) < 4.78 is 5.00. The quantitative estimate of drug-likeness (QED) is 0.593. The van der Waals surface area contributed by atoms with Gasteiger partial charge in [-0.1, -0.05) is 0 Å². The summed E-state index contributed by atoms with van der Waals surface area (Å²) in [5.41, 5.74) is 0. The van der Waals surface area contributed by atoms with E-state index in [-0.39, 0.29) is 11.7 Å². The Balaban J connectivity index is 1.67. The number of furan rings is 1. The fourth-order valence-corrected chi connectivity index (χ4v) is 2.76. The third-order valence-electron chi connectivity index (χ3n) is 4.14.